The minimum atomic E-state index is -1.75. The van der Waals surface area contributed by atoms with Crippen LogP contribution in [-0.2, 0) is 24.9 Å². The second kappa shape index (κ2) is 21.9. The molecule has 0 spiro atoms. The fourth-order valence-electron chi connectivity index (χ4n) is 9.84. The first kappa shape index (κ1) is 51.0. The van der Waals surface area contributed by atoms with Gasteiger partial charge in [-0.1, -0.05) is 158 Å². The predicted molar refractivity (Wildman–Crippen MR) is 249 cm³/mol. The molecule has 0 fully saturated rings. The van der Waals surface area contributed by atoms with E-state index < -0.39 is 8.07 Å². The van der Waals surface area contributed by atoms with E-state index in [0.29, 0.717) is 47.3 Å². The Labute approximate surface area is 366 Å². The van der Waals surface area contributed by atoms with Crippen LogP contribution in [0.3, 0.4) is 0 Å². The number of allylic oxidation sites excluding steroid dienone is 2. The van der Waals surface area contributed by atoms with E-state index in [-0.39, 0.29) is 43.5 Å². The monoisotopic (exact) mass is 991 g/mol. The van der Waals surface area contributed by atoms with Crippen molar-refractivity contribution in [1.29, 1.82) is 0 Å². The van der Waals surface area contributed by atoms with E-state index in [9.17, 15) is 9.90 Å². The normalized spacial score (nSPS) is 12.9. The topological polar surface area (TPSA) is 63.1 Å². The van der Waals surface area contributed by atoms with E-state index in [1.165, 1.54) is 56.4 Å². The number of rotatable bonds is 16. The van der Waals surface area contributed by atoms with Crippen LogP contribution in [0.15, 0.2) is 42.4 Å². The number of aliphatic hydroxyl groups is 1. The summed E-state index contributed by atoms with van der Waals surface area (Å²) >= 11 is 2.02. The molecule has 57 heavy (non-hydrogen) atoms. The van der Waals surface area contributed by atoms with Gasteiger partial charge in [0.1, 0.15) is 14.4 Å². The smallest absolute Gasteiger partial charge is 0.162 e. The molecule has 0 amide bonds. The van der Waals surface area contributed by atoms with E-state index in [1.54, 1.807) is 10.8 Å². The predicted octanol–water partition coefficient (Wildman–Crippen LogP) is 14.5. The molecule has 0 aliphatic heterocycles. The molecule has 2 aromatic heterocycles. The van der Waals surface area contributed by atoms with Crippen LogP contribution in [-0.4, -0.2) is 28.9 Å². The number of ketones is 1. The summed E-state index contributed by atoms with van der Waals surface area (Å²) in [4.78, 5) is 22.1. The Kier molecular flexibility index (Phi) is 19.6. The summed E-state index contributed by atoms with van der Waals surface area (Å²) in [5, 5.41) is 12.8. The van der Waals surface area contributed by atoms with Crippen LogP contribution in [0, 0.1) is 73.2 Å². The third kappa shape index (κ3) is 12.9. The molecular weight excluding hydrogens is 913 g/mol. The molecule has 2 heterocycles. The zero-order valence-electron chi connectivity index (χ0n) is 38.9. The van der Waals surface area contributed by atoms with Crippen LogP contribution < -0.4 is 4.50 Å². The average molecular weight is 991 g/mol. The number of hydrogen-bond donors (Lipinski definition) is 1. The zero-order valence-corrected chi connectivity index (χ0v) is 43.1. The van der Waals surface area contributed by atoms with Gasteiger partial charge in [-0.05, 0) is 71.3 Å². The third-order valence-corrected chi connectivity index (χ3v) is 20.2. The van der Waals surface area contributed by atoms with Crippen LogP contribution in [0.4, 0.5) is 0 Å². The van der Waals surface area contributed by atoms with Crippen LogP contribution >= 0.6 is 11.3 Å². The Hall–Kier alpha value is -2.18. The van der Waals surface area contributed by atoms with Crippen molar-refractivity contribution in [2.45, 2.75) is 149 Å². The number of aromatic nitrogens is 2. The van der Waals surface area contributed by atoms with Crippen LogP contribution in [0.5, 0.6) is 0 Å². The maximum atomic E-state index is 12.3. The van der Waals surface area contributed by atoms with Gasteiger partial charge in [0.2, 0.25) is 0 Å². The summed E-state index contributed by atoms with van der Waals surface area (Å²) in [6.45, 7) is 40.1. The minimum Gasteiger partial charge on any atom is -0.512 e. The Balaban J connectivity index is 0.000000478. The van der Waals surface area contributed by atoms with Crippen LogP contribution in [0.2, 0.25) is 18.1 Å². The van der Waals surface area contributed by atoms with Gasteiger partial charge in [0.25, 0.3) is 0 Å². The SMILES string of the molecule is CC(C)C(C(=O)/C=C(\O)C(C(C)C)C(C)C)C(C)C.Cc1ccc2c(C(C)C)cc(-c3ncnc4c(C)c([Si](CC(C)C)(CC(C)C)CC(C)C)sc34)[c-]c2c1.[Ir]. The molecule has 0 aliphatic carbocycles. The number of nitrogens with zero attached hydrogens (tertiary/aromatic N) is 2. The van der Waals surface area contributed by atoms with Crippen molar-refractivity contribution in [2.24, 2.45) is 53.3 Å². The second-order valence-corrected chi connectivity index (χ2v) is 25.5. The number of thiophene rings is 1. The van der Waals surface area contributed by atoms with Crippen molar-refractivity contribution >= 4 is 50.7 Å². The molecular formula is C50H77IrN2O2SSi-. The second-order valence-electron chi connectivity index (χ2n) is 19.9. The van der Waals surface area contributed by atoms with E-state index >= 15 is 0 Å². The fourth-order valence-corrected chi connectivity index (χ4v) is 19.4. The van der Waals surface area contributed by atoms with Gasteiger partial charge in [0.05, 0.1) is 11.3 Å². The molecule has 4 rings (SSSR count). The van der Waals surface area contributed by atoms with Crippen LogP contribution in [0.1, 0.15) is 133 Å². The molecule has 0 atom stereocenters. The minimum absolute atomic E-state index is 0. The Morgan fingerprint density at radius 2 is 1.26 bits per heavy atom. The molecule has 4 nitrogen and oxygen atoms in total. The number of fused-ring (bicyclic) bond motifs is 2. The molecule has 4 aromatic rings. The number of aryl methyl sites for hydroxylation is 2. The van der Waals surface area contributed by atoms with E-state index in [4.69, 9.17) is 9.97 Å². The number of carbonyl (C=O) groups excluding carboxylic acids is 1. The zero-order chi connectivity index (χ0) is 42.4. The summed E-state index contributed by atoms with van der Waals surface area (Å²) in [5.41, 5.74) is 7.36. The standard InChI is InChI=1S/C33H45N2SSi.C17H32O2.Ir/c1-20(2)16-37(17-21(3)4,18-22(5)6)33-25(10)30-32(36-33)31(35-19-34-30)27-14-26-13-24(9)11-12-28(26)29(15-27)23(7)8;1-10(2)16(11(3)4)14(18)9-15(19)17(12(5)6)13(7)8;/h11-13,15,19-23H,16-18H2,1-10H3;9-13,16-18H,1-8H3;/q-1;;/b;14-9-;. The molecule has 1 N–H and O–H groups in total. The number of carbonyl (C=O) groups is 1. The largest absolute Gasteiger partial charge is 0.512 e. The molecule has 0 saturated heterocycles. The molecule has 0 saturated carbocycles. The van der Waals surface area contributed by atoms with Crippen molar-refractivity contribution in [1.82, 2.24) is 9.97 Å². The van der Waals surface area contributed by atoms with Crippen molar-refractivity contribution in [3.8, 4) is 11.3 Å². The van der Waals surface area contributed by atoms with Gasteiger partial charge < -0.3 is 5.11 Å². The Morgan fingerprint density at radius 3 is 1.72 bits per heavy atom. The molecule has 1 radical (unpaired) electrons. The average Bonchev–Trinajstić information content (AvgIpc) is 3.39. The van der Waals surface area contributed by atoms with Gasteiger partial charge in [-0.3, -0.25) is 9.78 Å². The van der Waals surface area contributed by atoms with Crippen molar-refractivity contribution in [3.63, 3.8) is 0 Å². The van der Waals surface area contributed by atoms with Crippen LogP contribution in [0.25, 0.3) is 32.2 Å². The van der Waals surface area contributed by atoms with Crippen molar-refractivity contribution < 1.29 is 30.0 Å². The number of aliphatic hydroxyl groups excluding tert-OH is 1. The summed E-state index contributed by atoms with van der Waals surface area (Å²) in [6, 6.07) is 16.9. The molecule has 319 valence electrons. The summed E-state index contributed by atoms with van der Waals surface area (Å²) in [5.74, 6) is 4.16. The summed E-state index contributed by atoms with van der Waals surface area (Å²) in [7, 11) is -1.75. The fraction of sp³-hybridized carbons (Fsp3) is 0.620. The molecule has 0 aliphatic rings. The van der Waals surface area contributed by atoms with E-state index in [0.717, 1.165) is 16.8 Å². The first-order valence-electron chi connectivity index (χ1n) is 21.7. The van der Waals surface area contributed by atoms with Gasteiger partial charge in [-0.2, -0.15) is 0 Å². The van der Waals surface area contributed by atoms with Gasteiger partial charge in [0.15, 0.2) is 5.78 Å². The quantitative estimate of drug-likeness (QED) is 0.0526. The molecule has 7 heteroatoms. The summed E-state index contributed by atoms with van der Waals surface area (Å²) < 4.78 is 2.92. The van der Waals surface area contributed by atoms with Gasteiger partial charge >= 0.3 is 0 Å². The Bertz CT molecular complexity index is 1900. The molecule has 2 aromatic carbocycles. The number of hydrogen-bond acceptors (Lipinski definition) is 5. The third-order valence-electron chi connectivity index (χ3n) is 11.3. The van der Waals surface area contributed by atoms with Crippen molar-refractivity contribution in [2.75, 3.05) is 0 Å². The Morgan fingerprint density at radius 1 is 0.754 bits per heavy atom. The van der Waals surface area contributed by atoms with Gasteiger partial charge in [0, 0.05) is 48.4 Å². The maximum absolute atomic E-state index is 12.3. The maximum Gasteiger partial charge on any atom is 0.162 e. The van der Waals surface area contributed by atoms with E-state index in [1.807, 2.05) is 11.3 Å². The molecule has 0 bridgehead atoms. The van der Waals surface area contributed by atoms with Crippen molar-refractivity contribution in [3.05, 3.63) is 65.2 Å². The van der Waals surface area contributed by atoms with E-state index in [2.05, 4.69) is 155 Å². The molecule has 0 unspecified atom stereocenters. The first-order valence-corrected chi connectivity index (χ1v) is 25.1. The first-order chi connectivity index (χ1) is 26.0. The van der Waals surface area contributed by atoms with Gasteiger partial charge in [-0.15, -0.1) is 40.5 Å². The summed E-state index contributed by atoms with van der Waals surface area (Å²) in [6.07, 6.45) is 3.26. The number of benzene rings is 2. The van der Waals surface area contributed by atoms with Gasteiger partial charge in [-0.25, -0.2) is 4.98 Å².